The van der Waals surface area contributed by atoms with Crippen LogP contribution in [0.1, 0.15) is 5.56 Å². The van der Waals surface area contributed by atoms with Crippen molar-refractivity contribution < 1.29 is 4.74 Å². The fraction of sp³-hybridized carbons (Fsp3) is 0.333. The number of rotatable bonds is 3. The molecule has 0 amide bonds. The van der Waals surface area contributed by atoms with Gasteiger partial charge >= 0.3 is 0 Å². The van der Waals surface area contributed by atoms with Gasteiger partial charge in [-0.1, -0.05) is 24.0 Å². The lowest BCUT2D eigenvalue weighted by Gasteiger charge is -2.01. The molecule has 0 aliphatic rings. The molecule has 0 saturated heterocycles. The van der Waals surface area contributed by atoms with E-state index in [1.165, 1.54) is 5.56 Å². The molecular formula is C12H15NO. The Morgan fingerprint density at radius 2 is 2.21 bits per heavy atom. The fourth-order valence-electron chi connectivity index (χ4n) is 1.03. The first kappa shape index (κ1) is 10.6. The van der Waals surface area contributed by atoms with Gasteiger partial charge in [0, 0.05) is 0 Å². The minimum atomic E-state index is 0.450. The summed E-state index contributed by atoms with van der Waals surface area (Å²) in [6.07, 6.45) is 0. The van der Waals surface area contributed by atoms with Gasteiger partial charge in [0.25, 0.3) is 0 Å². The average molecular weight is 189 g/mol. The van der Waals surface area contributed by atoms with E-state index in [0.29, 0.717) is 13.2 Å². The van der Waals surface area contributed by atoms with E-state index >= 15 is 0 Å². The standard InChI is InChI=1S/C12H15NO/c1-11-6-5-7-12(10-11)14-9-4-3-8-13-2/h5-7,10,13H,8-9H2,1-2H3. The monoisotopic (exact) mass is 189 g/mol. The maximum Gasteiger partial charge on any atom is 0.149 e. The van der Waals surface area contributed by atoms with Crippen LogP contribution in [0.5, 0.6) is 5.75 Å². The molecule has 2 heteroatoms. The van der Waals surface area contributed by atoms with Gasteiger partial charge in [0.1, 0.15) is 12.4 Å². The highest BCUT2D eigenvalue weighted by atomic mass is 16.5. The smallest absolute Gasteiger partial charge is 0.149 e. The first-order chi connectivity index (χ1) is 6.83. The van der Waals surface area contributed by atoms with E-state index in [1.54, 1.807) is 0 Å². The summed E-state index contributed by atoms with van der Waals surface area (Å²) in [6, 6.07) is 7.96. The summed E-state index contributed by atoms with van der Waals surface area (Å²) in [7, 11) is 1.87. The van der Waals surface area contributed by atoms with Crippen molar-refractivity contribution in [2.45, 2.75) is 6.92 Å². The van der Waals surface area contributed by atoms with Crippen molar-refractivity contribution >= 4 is 0 Å². The molecule has 0 saturated carbocycles. The number of ether oxygens (including phenoxy) is 1. The van der Waals surface area contributed by atoms with Crippen molar-refractivity contribution in [2.24, 2.45) is 0 Å². The van der Waals surface area contributed by atoms with Crippen molar-refractivity contribution in [3.63, 3.8) is 0 Å². The Morgan fingerprint density at radius 3 is 2.93 bits per heavy atom. The number of aryl methyl sites for hydroxylation is 1. The summed E-state index contributed by atoms with van der Waals surface area (Å²) < 4.78 is 5.43. The molecular weight excluding hydrogens is 174 g/mol. The predicted molar refractivity (Wildman–Crippen MR) is 58.4 cm³/mol. The van der Waals surface area contributed by atoms with Gasteiger partial charge in [0.05, 0.1) is 6.54 Å². The van der Waals surface area contributed by atoms with Crippen LogP contribution in [0.3, 0.4) is 0 Å². The molecule has 1 aromatic carbocycles. The van der Waals surface area contributed by atoms with Crippen LogP contribution in [0.2, 0.25) is 0 Å². The lowest BCUT2D eigenvalue weighted by molar-refractivity contribution is 0.370. The maximum atomic E-state index is 5.43. The molecule has 0 unspecified atom stereocenters. The van der Waals surface area contributed by atoms with E-state index in [-0.39, 0.29) is 0 Å². The Hall–Kier alpha value is -1.46. The van der Waals surface area contributed by atoms with E-state index in [4.69, 9.17) is 4.74 Å². The van der Waals surface area contributed by atoms with Crippen molar-refractivity contribution in [3.8, 4) is 17.6 Å². The molecule has 0 bridgehead atoms. The minimum Gasteiger partial charge on any atom is -0.481 e. The molecule has 0 aliphatic heterocycles. The summed E-state index contributed by atoms with van der Waals surface area (Å²) >= 11 is 0. The molecule has 1 rings (SSSR count). The molecule has 0 radical (unpaired) electrons. The third-order valence-electron chi connectivity index (χ3n) is 1.69. The summed E-state index contributed by atoms with van der Waals surface area (Å²) in [6.45, 7) is 3.20. The van der Waals surface area contributed by atoms with E-state index in [2.05, 4.69) is 17.2 Å². The van der Waals surface area contributed by atoms with Crippen molar-refractivity contribution in [1.29, 1.82) is 0 Å². The number of benzene rings is 1. The lowest BCUT2D eigenvalue weighted by Crippen LogP contribution is -2.05. The third kappa shape index (κ3) is 3.97. The summed E-state index contributed by atoms with van der Waals surface area (Å²) in [4.78, 5) is 0. The topological polar surface area (TPSA) is 21.3 Å². The molecule has 1 N–H and O–H groups in total. The Labute approximate surface area is 85.3 Å². The van der Waals surface area contributed by atoms with Gasteiger partial charge in [-0.05, 0) is 31.7 Å². The Morgan fingerprint density at radius 1 is 1.36 bits per heavy atom. The van der Waals surface area contributed by atoms with Gasteiger partial charge in [-0.15, -0.1) is 0 Å². The van der Waals surface area contributed by atoms with Crippen molar-refractivity contribution in [3.05, 3.63) is 29.8 Å². The second-order valence-electron chi connectivity index (χ2n) is 2.99. The van der Waals surface area contributed by atoms with Gasteiger partial charge in [-0.3, -0.25) is 0 Å². The molecule has 0 fully saturated rings. The SMILES string of the molecule is CNCC#CCOc1cccc(C)c1. The van der Waals surface area contributed by atoms with E-state index in [9.17, 15) is 0 Å². The lowest BCUT2D eigenvalue weighted by atomic mass is 10.2. The minimum absolute atomic E-state index is 0.450. The van der Waals surface area contributed by atoms with Crippen LogP contribution in [0.15, 0.2) is 24.3 Å². The van der Waals surface area contributed by atoms with Gasteiger partial charge in [0.2, 0.25) is 0 Å². The first-order valence-electron chi connectivity index (χ1n) is 4.62. The predicted octanol–water partition coefficient (Wildman–Crippen LogP) is 1.60. The van der Waals surface area contributed by atoms with Crippen LogP contribution >= 0.6 is 0 Å². The van der Waals surface area contributed by atoms with E-state index in [1.807, 2.05) is 38.2 Å². The Balaban J connectivity index is 2.36. The maximum absolute atomic E-state index is 5.43. The van der Waals surface area contributed by atoms with Crippen molar-refractivity contribution in [1.82, 2.24) is 5.32 Å². The van der Waals surface area contributed by atoms with Crippen LogP contribution in [-0.4, -0.2) is 20.2 Å². The molecule has 74 valence electrons. The summed E-state index contributed by atoms with van der Waals surface area (Å²) in [5.74, 6) is 6.73. The van der Waals surface area contributed by atoms with E-state index < -0.39 is 0 Å². The zero-order valence-electron chi connectivity index (χ0n) is 8.63. The zero-order chi connectivity index (χ0) is 10.2. The van der Waals surface area contributed by atoms with Crippen LogP contribution < -0.4 is 10.1 Å². The van der Waals surface area contributed by atoms with Gasteiger partial charge in [-0.25, -0.2) is 0 Å². The normalized spacial score (nSPS) is 9.00. The first-order valence-corrected chi connectivity index (χ1v) is 4.62. The third-order valence-corrected chi connectivity index (χ3v) is 1.69. The Bertz CT molecular complexity index is 336. The number of hydrogen-bond acceptors (Lipinski definition) is 2. The summed E-state index contributed by atoms with van der Waals surface area (Å²) in [5, 5.41) is 2.95. The molecule has 0 spiro atoms. The Kier molecular flexibility index (Phi) is 4.60. The second kappa shape index (κ2) is 6.06. The quantitative estimate of drug-likeness (QED) is 0.729. The highest BCUT2D eigenvalue weighted by molar-refractivity contribution is 5.27. The highest BCUT2D eigenvalue weighted by Gasteiger charge is 1.90. The summed E-state index contributed by atoms with van der Waals surface area (Å²) in [5.41, 5.74) is 1.20. The van der Waals surface area contributed by atoms with Crippen LogP contribution in [0.4, 0.5) is 0 Å². The number of nitrogens with one attached hydrogen (secondary N) is 1. The van der Waals surface area contributed by atoms with Crippen molar-refractivity contribution in [2.75, 3.05) is 20.2 Å². The molecule has 0 atom stereocenters. The molecule has 0 aliphatic carbocycles. The molecule has 2 nitrogen and oxygen atoms in total. The largest absolute Gasteiger partial charge is 0.481 e. The number of hydrogen-bond donors (Lipinski definition) is 1. The fourth-order valence-corrected chi connectivity index (χ4v) is 1.03. The highest BCUT2D eigenvalue weighted by Crippen LogP contribution is 2.11. The average Bonchev–Trinajstić information content (AvgIpc) is 2.18. The zero-order valence-corrected chi connectivity index (χ0v) is 8.63. The molecule has 0 heterocycles. The molecule has 1 aromatic rings. The van der Waals surface area contributed by atoms with Crippen LogP contribution in [0.25, 0.3) is 0 Å². The van der Waals surface area contributed by atoms with Gasteiger partial charge in [0.15, 0.2) is 0 Å². The van der Waals surface area contributed by atoms with Gasteiger partial charge < -0.3 is 10.1 Å². The van der Waals surface area contributed by atoms with Gasteiger partial charge in [-0.2, -0.15) is 0 Å². The van der Waals surface area contributed by atoms with E-state index in [0.717, 1.165) is 5.75 Å². The van der Waals surface area contributed by atoms with Crippen LogP contribution in [-0.2, 0) is 0 Å². The molecule has 14 heavy (non-hydrogen) atoms. The van der Waals surface area contributed by atoms with Crippen LogP contribution in [0, 0.1) is 18.8 Å². The molecule has 0 aromatic heterocycles. The second-order valence-corrected chi connectivity index (χ2v) is 2.99.